The number of hydrogen-bond acceptors (Lipinski definition) is 0. The minimum atomic E-state index is 0.162. The smallest absolute Gasteiger partial charge is 0.0126 e. The minimum absolute atomic E-state index is 0.162. The Labute approximate surface area is 87.0 Å². The van der Waals surface area contributed by atoms with E-state index in [-0.39, 0.29) is 5.41 Å². The van der Waals surface area contributed by atoms with Crippen LogP contribution in [0.1, 0.15) is 26.3 Å². The molecule has 0 aromatic heterocycles. The Morgan fingerprint density at radius 3 is 2.14 bits per heavy atom. The second kappa shape index (κ2) is 4.28. The van der Waals surface area contributed by atoms with Crippen LogP contribution in [-0.2, 0) is 0 Å². The first kappa shape index (κ1) is 10.8. The molecule has 74 valence electrons. The maximum atomic E-state index is 3.76. The molecule has 0 amide bonds. The molecule has 0 heterocycles. The van der Waals surface area contributed by atoms with Gasteiger partial charge in [-0.2, -0.15) is 0 Å². The molecule has 0 fully saturated rings. The zero-order valence-corrected chi connectivity index (χ0v) is 9.25. The van der Waals surface area contributed by atoms with E-state index in [4.69, 9.17) is 0 Å². The quantitative estimate of drug-likeness (QED) is 0.604. The van der Waals surface area contributed by atoms with Crippen LogP contribution in [0.2, 0.25) is 0 Å². The van der Waals surface area contributed by atoms with Crippen LogP contribution in [-0.4, -0.2) is 0 Å². The highest BCUT2D eigenvalue weighted by atomic mass is 14.2. The normalized spacial score (nSPS) is 12.6. The minimum Gasteiger partial charge on any atom is -0.0991 e. The Morgan fingerprint density at radius 1 is 1.14 bits per heavy atom. The molecule has 0 bridgehead atoms. The van der Waals surface area contributed by atoms with Gasteiger partial charge in [-0.05, 0) is 16.6 Å². The Kier molecular flexibility index (Phi) is 3.29. The molecule has 0 N–H and O–H groups in total. The van der Waals surface area contributed by atoms with Crippen molar-refractivity contribution in [2.45, 2.75) is 20.8 Å². The average molecular weight is 186 g/mol. The first-order chi connectivity index (χ1) is 6.55. The molecule has 0 saturated heterocycles. The Balaban J connectivity index is 3.15. The van der Waals surface area contributed by atoms with Gasteiger partial charge in [0.1, 0.15) is 0 Å². The summed E-state index contributed by atoms with van der Waals surface area (Å²) in [5.74, 6) is 0. The van der Waals surface area contributed by atoms with Gasteiger partial charge in [0.05, 0.1) is 0 Å². The van der Waals surface area contributed by atoms with E-state index in [1.165, 1.54) is 11.1 Å². The van der Waals surface area contributed by atoms with Crippen LogP contribution in [0.25, 0.3) is 5.57 Å². The van der Waals surface area contributed by atoms with Crippen molar-refractivity contribution >= 4 is 5.57 Å². The van der Waals surface area contributed by atoms with Crippen LogP contribution in [0, 0.1) is 5.41 Å². The van der Waals surface area contributed by atoms with E-state index in [9.17, 15) is 0 Å². The van der Waals surface area contributed by atoms with Crippen molar-refractivity contribution in [1.82, 2.24) is 0 Å². The van der Waals surface area contributed by atoms with E-state index in [1.807, 2.05) is 12.1 Å². The summed E-state index contributed by atoms with van der Waals surface area (Å²) >= 11 is 0. The third-order valence-corrected chi connectivity index (χ3v) is 2.18. The van der Waals surface area contributed by atoms with Crippen LogP contribution in [0.5, 0.6) is 0 Å². The van der Waals surface area contributed by atoms with Gasteiger partial charge in [-0.15, -0.1) is 0 Å². The van der Waals surface area contributed by atoms with Gasteiger partial charge in [0.2, 0.25) is 0 Å². The van der Waals surface area contributed by atoms with Crippen LogP contribution < -0.4 is 0 Å². The molecule has 0 nitrogen and oxygen atoms in total. The van der Waals surface area contributed by atoms with Crippen molar-refractivity contribution in [3.8, 4) is 0 Å². The van der Waals surface area contributed by atoms with Crippen molar-refractivity contribution in [2.75, 3.05) is 0 Å². The van der Waals surface area contributed by atoms with Gasteiger partial charge < -0.3 is 0 Å². The fraction of sp³-hybridized carbons (Fsp3) is 0.286. The molecule has 1 rings (SSSR count). The third-order valence-electron chi connectivity index (χ3n) is 2.18. The zero-order chi connectivity index (χ0) is 10.6. The Bertz CT molecular complexity index is 323. The highest BCUT2D eigenvalue weighted by Crippen LogP contribution is 2.33. The van der Waals surface area contributed by atoms with Gasteiger partial charge in [0.15, 0.2) is 0 Å². The van der Waals surface area contributed by atoms with Crippen molar-refractivity contribution in [1.29, 1.82) is 0 Å². The summed E-state index contributed by atoms with van der Waals surface area (Å²) in [6, 6.07) is 10.5. The first-order valence-corrected chi connectivity index (χ1v) is 4.94. The highest BCUT2D eigenvalue weighted by molar-refractivity contribution is 5.70. The van der Waals surface area contributed by atoms with Crippen molar-refractivity contribution in [3.05, 3.63) is 54.6 Å². The van der Waals surface area contributed by atoms with Crippen molar-refractivity contribution < 1.29 is 0 Å². The van der Waals surface area contributed by atoms with Crippen molar-refractivity contribution in [3.63, 3.8) is 0 Å². The largest absolute Gasteiger partial charge is 0.0991 e. The maximum Gasteiger partial charge on any atom is -0.0126 e. The molecule has 0 spiro atoms. The van der Waals surface area contributed by atoms with Gasteiger partial charge in [0.25, 0.3) is 0 Å². The lowest BCUT2D eigenvalue weighted by Crippen LogP contribution is -2.08. The number of benzene rings is 1. The lowest BCUT2D eigenvalue weighted by Gasteiger charge is -2.23. The van der Waals surface area contributed by atoms with Gasteiger partial charge in [-0.1, -0.05) is 69.8 Å². The van der Waals surface area contributed by atoms with Crippen LogP contribution >= 0.6 is 0 Å². The molecule has 14 heavy (non-hydrogen) atoms. The molecule has 1 aromatic rings. The van der Waals surface area contributed by atoms with Gasteiger partial charge >= 0.3 is 0 Å². The topological polar surface area (TPSA) is 0 Å². The fourth-order valence-corrected chi connectivity index (χ4v) is 1.51. The summed E-state index contributed by atoms with van der Waals surface area (Å²) in [5.41, 5.74) is 2.77. The third kappa shape index (κ3) is 2.59. The number of rotatable bonds is 2. The van der Waals surface area contributed by atoms with Crippen LogP contribution in [0.4, 0.5) is 0 Å². The predicted octanol–water partition coefficient (Wildman–Crippen LogP) is 4.30. The molecule has 0 radical (unpaired) electrons. The number of allylic oxidation sites excluding steroid dienone is 3. The van der Waals surface area contributed by atoms with Crippen molar-refractivity contribution in [2.24, 2.45) is 5.41 Å². The van der Waals surface area contributed by atoms with Gasteiger partial charge in [0, 0.05) is 0 Å². The summed E-state index contributed by atoms with van der Waals surface area (Å²) in [5, 5.41) is 0. The average Bonchev–Trinajstić information content (AvgIpc) is 2.14. The highest BCUT2D eigenvalue weighted by Gasteiger charge is 2.17. The summed E-state index contributed by atoms with van der Waals surface area (Å²) in [6.07, 6.45) is 3.95. The van der Waals surface area contributed by atoms with E-state index < -0.39 is 0 Å². The second-order valence-electron chi connectivity index (χ2n) is 4.43. The van der Waals surface area contributed by atoms with E-state index >= 15 is 0 Å². The second-order valence-corrected chi connectivity index (χ2v) is 4.43. The molecular weight excluding hydrogens is 168 g/mol. The molecule has 0 unspecified atom stereocenters. The molecular formula is C14H18. The maximum absolute atomic E-state index is 3.76. The van der Waals surface area contributed by atoms with Crippen LogP contribution in [0.3, 0.4) is 0 Å². The molecule has 0 aliphatic rings. The molecule has 1 aromatic carbocycles. The Hall–Kier alpha value is -1.30. The summed E-state index contributed by atoms with van der Waals surface area (Å²) in [4.78, 5) is 0. The monoisotopic (exact) mass is 186 g/mol. The summed E-state index contributed by atoms with van der Waals surface area (Å²) in [6.45, 7) is 10.4. The zero-order valence-electron chi connectivity index (χ0n) is 9.25. The SMILES string of the molecule is C=CC=C(c1ccccc1)C(C)(C)C. The molecule has 0 atom stereocenters. The molecule has 0 aliphatic heterocycles. The summed E-state index contributed by atoms with van der Waals surface area (Å²) in [7, 11) is 0. The van der Waals surface area contributed by atoms with E-state index in [0.717, 1.165) is 0 Å². The molecule has 0 saturated carbocycles. The lowest BCUT2D eigenvalue weighted by atomic mass is 9.82. The van der Waals surface area contributed by atoms with Gasteiger partial charge in [-0.3, -0.25) is 0 Å². The lowest BCUT2D eigenvalue weighted by molar-refractivity contribution is 0.567. The first-order valence-electron chi connectivity index (χ1n) is 4.94. The summed E-state index contributed by atoms with van der Waals surface area (Å²) < 4.78 is 0. The Morgan fingerprint density at radius 2 is 1.71 bits per heavy atom. The van der Waals surface area contributed by atoms with E-state index in [0.29, 0.717) is 0 Å². The number of hydrogen-bond donors (Lipinski definition) is 0. The molecule has 0 aliphatic carbocycles. The van der Waals surface area contributed by atoms with E-state index in [1.54, 1.807) is 0 Å². The molecule has 0 heteroatoms. The van der Waals surface area contributed by atoms with Gasteiger partial charge in [-0.25, -0.2) is 0 Å². The fourth-order valence-electron chi connectivity index (χ4n) is 1.51. The predicted molar refractivity (Wildman–Crippen MR) is 64.1 cm³/mol. The van der Waals surface area contributed by atoms with E-state index in [2.05, 4.69) is 57.7 Å². The van der Waals surface area contributed by atoms with Crippen LogP contribution in [0.15, 0.2) is 49.1 Å². The standard InChI is InChI=1S/C14H18/c1-5-9-13(14(2,3)4)12-10-7-6-8-11-12/h5-11H,1H2,2-4H3.